The van der Waals surface area contributed by atoms with Gasteiger partial charge in [-0.05, 0) is 83.8 Å². The Labute approximate surface area is 302 Å². The molecule has 0 bridgehead atoms. The maximum absolute atomic E-state index is 12.6. The lowest BCUT2D eigenvalue weighted by atomic mass is 10.0. The summed E-state index contributed by atoms with van der Waals surface area (Å²) in [6.45, 7) is 10.2. The molecule has 1 N–H and O–H groups in total. The van der Waals surface area contributed by atoms with Gasteiger partial charge in [-0.1, -0.05) is 124 Å². The lowest BCUT2D eigenvalue weighted by molar-refractivity contribution is -0.150. The fraction of sp³-hybridized carbons (Fsp3) is 0.927. The van der Waals surface area contributed by atoms with Gasteiger partial charge in [0.15, 0.2) is 0 Å². The SMILES string of the molecule is CCCCCCCCOC(=O)CCCCCCCN(CCCCCCCC(=O)OC(CCCCC)CCCCCC)CCCC(=O)NOC. The number of hydroxylamine groups is 1. The maximum Gasteiger partial charge on any atom is 0.306 e. The fourth-order valence-electron chi connectivity index (χ4n) is 6.30. The zero-order valence-corrected chi connectivity index (χ0v) is 32.8. The number of nitrogens with zero attached hydrogens (tertiary/aromatic N) is 1. The number of hydrogen-bond acceptors (Lipinski definition) is 7. The van der Waals surface area contributed by atoms with Crippen LogP contribution in [-0.2, 0) is 28.7 Å². The average Bonchev–Trinajstić information content (AvgIpc) is 3.08. The van der Waals surface area contributed by atoms with Crippen LogP contribution in [0, 0.1) is 0 Å². The van der Waals surface area contributed by atoms with Gasteiger partial charge in [0.25, 0.3) is 0 Å². The molecule has 290 valence electrons. The maximum atomic E-state index is 12.6. The van der Waals surface area contributed by atoms with Gasteiger partial charge in [-0.2, -0.15) is 0 Å². The molecule has 0 fully saturated rings. The van der Waals surface area contributed by atoms with Crippen LogP contribution < -0.4 is 5.48 Å². The standard InChI is InChI=1S/C41H80N2O6/c1-5-8-11-13-20-27-37-48-40(45)32-23-16-14-18-25-34-43(36-28-31-39(44)42-47-4)35-26-19-15-17-24-33-41(46)49-38(29-21-10-7-3)30-22-12-9-6-2/h38H,5-37H2,1-4H3,(H,42,44). The van der Waals surface area contributed by atoms with Gasteiger partial charge in [-0.25, -0.2) is 5.48 Å². The topological polar surface area (TPSA) is 94.2 Å². The minimum Gasteiger partial charge on any atom is -0.466 e. The lowest BCUT2D eigenvalue weighted by Gasteiger charge is -2.22. The zero-order chi connectivity index (χ0) is 36.0. The summed E-state index contributed by atoms with van der Waals surface area (Å²) in [5.41, 5.74) is 2.41. The molecule has 0 spiro atoms. The van der Waals surface area contributed by atoms with Crippen LogP contribution in [0.4, 0.5) is 0 Å². The van der Waals surface area contributed by atoms with E-state index in [0.717, 1.165) is 129 Å². The molecular weight excluding hydrogens is 616 g/mol. The highest BCUT2D eigenvalue weighted by Gasteiger charge is 2.14. The van der Waals surface area contributed by atoms with Crippen LogP contribution in [0.25, 0.3) is 0 Å². The lowest BCUT2D eigenvalue weighted by Crippen LogP contribution is -2.29. The molecular formula is C41H80N2O6. The summed E-state index contributed by atoms with van der Waals surface area (Å²) in [7, 11) is 1.47. The van der Waals surface area contributed by atoms with Crippen molar-refractivity contribution >= 4 is 17.8 Å². The van der Waals surface area contributed by atoms with E-state index < -0.39 is 0 Å². The molecule has 0 rings (SSSR count). The third-order valence-electron chi connectivity index (χ3n) is 9.37. The first-order valence-electron chi connectivity index (χ1n) is 20.9. The van der Waals surface area contributed by atoms with Crippen LogP contribution in [-0.4, -0.2) is 62.2 Å². The van der Waals surface area contributed by atoms with Crippen molar-refractivity contribution in [2.75, 3.05) is 33.4 Å². The fourth-order valence-corrected chi connectivity index (χ4v) is 6.30. The third kappa shape index (κ3) is 34.6. The molecule has 8 nitrogen and oxygen atoms in total. The van der Waals surface area contributed by atoms with Crippen molar-refractivity contribution < 1.29 is 28.7 Å². The summed E-state index contributed by atoms with van der Waals surface area (Å²) >= 11 is 0. The van der Waals surface area contributed by atoms with Gasteiger partial charge >= 0.3 is 11.9 Å². The van der Waals surface area contributed by atoms with E-state index in [1.54, 1.807) is 0 Å². The second-order valence-corrected chi connectivity index (χ2v) is 14.2. The summed E-state index contributed by atoms with van der Waals surface area (Å²) in [5.74, 6) is -0.129. The number of ether oxygens (including phenoxy) is 2. The summed E-state index contributed by atoms with van der Waals surface area (Å²) < 4.78 is 11.3. The van der Waals surface area contributed by atoms with Crippen molar-refractivity contribution in [1.82, 2.24) is 10.4 Å². The molecule has 0 aromatic carbocycles. The molecule has 0 heterocycles. The van der Waals surface area contributed by atoms with Crippen LogP contribution in [0.1, 0.15) is 207 Å². The number of carbonyl (C=O) groups excluding carboxylic acids is 3. The zero-order valence-electron chi connectivity index (χ0n) is 32.8. The van der Waals surface area contributed by atoms with Crippen molar-refractivity contribution in [3.05, 3.63) is 0 Å². The summed E-state index contributed by atoms with van der Waals surface area (Å²) in [5, 5.41) is 0. The molecule has 0 aliphatic rings. The van der Waals surface area contributed by atoms with E-state index in [4.69, 9.17) is 14.3 Å². The second-order valence-electron chi connectivity index (χ2n) is 14.2. The molecule has 0 aliphatic carbocycles. The molecule has 1 amide bonds. The Morgan fingerprint density at radius 2 is 0.959 bits per heavy atom. The molecule has 1 atom stereocenters. The highest BCUT2D eigenvalue weighted by atomic mass is 16.6. The largest absolute Gasteiger partial charge is 0.466 e. The Hall–Kier alpha value is -1.67. The van der Waals surface area contributed by atoms with Gasteiger partial charge in [0.1, 0.15) is 6.10 Å². The molecule has 0 saturated heterocycles. The van der Waals surface area contributed by atoms with E-state index >= 15 is 0 Å². The molecule has 0 aromatic rings. The average molecular weight is 697 g/mol. The predicted molar refractivity (Wildman–Crippen MR) is 203 cm³/mol. The number of nitrogens with one attached hydrogen (secondary N) is 1. The first-order valence-corrected chi connectivity index (χ1v) is 20.9. The van der Waals surface area contributed by atoms with E-state index in [1.807, 2.05) is 0 Å². The minimum absolute atomic E-state index is 0.0101. The summed E-state index contributed by atoms with van der Waals surface area (Å²) in [6, 6.07) is 0. The first kappa shape index (κ1) is 47.3. The molecule has 0 aromatic heterocycles. The number of carbonyl (C=O) groups is 3. The highest BCUT2D eigenvalue weighted by molar-refractivity contribution is 5.74. The number of hydrogen-bond donors (Lipinski definition) is 1. The van der Waals surface area contributed by atoms with Crippen LogP contribution in [0.2, 0.25) is 0 Å². The number of unbranched alkanes of at least 4 members (excludes halogenated alkanes) is 18. The quantitative estimate of drug-likeness (QED) is 0.0390. The van der Waals surface area contributed by atoms with Crippen LogP contribution >= 0.6 is 0 Å². The monoisotopic (exact) mass is 697 g/mol. The molecule has 1 unspecified atom stereocenters. The molecule has 0 saturated carbocycles. The smallest absolute Gasteiger partial charge is 0.306 e. The van der Waals surface area contributed by atoms with Crippen LogP contribution in [0.5, 0.6) is 0 Å². The number of rotatable bonds is 38. The molecule has 0 radical (unpaired) electrons. The Morgan fingerprint density at radius 3 is 1.55 bits per heavy atom. The Morgan fingerprint density at radius 1 is 0.510 bits per heavy atom. The van der Waals surface area contributed by atoms with Crippen molar-refractivity contribution in [3.63, 3.8) is 0 Å². The third-order valence-corrected chi connectivity index (χ3v) is 9.37. The molecule has 49 heavy (non-hydrogen) atoms. The highest BCUT2D eigenvalue weighted by Crippen LogP contribution is 2.17. The van der Waals surface area contributed by atoms with Crippen molar-refractivity contribution in [3.8, 4) is 0 Å². The normalized spacial score (nSPS) is 11.9. The predicted octanol–water partition coefficient (Wildman–Crippen LogP) is 10.8. The van der Waals surface area contributed by atoms with E-state index in [9.17, 15) is 14.4 Å². The molecule has 8 heteroatoms. The Bertz CT molecular complexity index is 750. The van der Waals surface area contributed by atoms with Crippen molar-refractivity contribution in [2.24, 2.45) is 0 Å². The van der Waals surface area contributed by atoms with Gasteiger partial charge in [0.2, 0.25) is 5.91 Å². The first-order chi connectivity index (χ1) is 24.0. The van der Waals surface area contributed by atoms with E-state index in [0.29, 0.717) is 25.9 Å². The van der Waals surface area contributed by atoms with E-state index in [-0.39, 0.29) is 23.9 Å². The van der Waals surface area contributed by atoms with Crippen LogP contribution in [0.15, 0.2) is 0 Å². The van der Waals surface area contributed by atoms with Gasteiger partial charge in [0.05, 0.1) is 13.7 Å². The van der Waals surface area contributed by atoms with Gasteiger partial charge in [-0.3, -0.25) is 19.2 Å². The minimum atomic E-state index is -0.0738. The summed E-state index contributed by atoms with van der Waals surface area (Å²) in [4.78, 5) is 43.6. The van der Waals surface area contributed by atoms with Gasteiger partial charge in [0, 0.05) is 19.3 Å². The van der Waals surface area contributed by atoms with E-state index in [1.165, 1.54) is 64.9 Å². The second kappa shape index (κ2) is 37.6. The van der Waals surface area contributed by atoms with Crippen molar-refractivity contribution in [1.29, 1.82) is 0 Å². The number of amides is 1. The number of esters is 2. The van der Waals surface area contributed by atoms with Gasteiger partial charge in [-0.15, -0.1) is 0 Å². The summed E-state index contributed by atoms with van der Waals surface area (Å²) in [6.07, 6.45) is 30.9. The van der Waals surface area contributed by atoms with Crippen molar-refractivity contribution in [2.45, 2.75) is 213 Å². The Balaban J connectivity index is 4.20. The van der Waals surface area contributed by atoms with E-state index in [2.05, 4.69) is 31.2 Å². The Kier molecular flexibility index (Phi) is 36.3. The molecule has 0 aliphatic heterocycles. The van der Waals surface area contributed by atoms with Gasteiger partial charge < -0.3 is 14.4 Å². The van der Waals surface area contributed by atoms with Crippen LogP contribution in [0.3, 0.4) is 0 Å².